The molecule has 0 spiro atoms. The molecule has 2 aromatic carbocycles. The fraction of sp³-hybridized carbons (Fsp3) is 0. The number of hydrogen-bond donors (Lipinski definition) is 2. The van der Waals surface area contributed by atoms with Crippen LogP contribution in [0.4, 0.5) is 14.5 Å². The van der Waals surface area contributed by atoms with Gasteiger partial charge < -0.3 is 10.4 Å². The number of aromatic hydroxyl groups is 1. The maximum absolute atomic E-state index is 13.4. The first-order valence-electron chi connectivity index (χ1n) is 5.23. The van der Waals surface area contributed by atoms with Gasteiger partial charge in [-0.2, -0.15) is 0 Å². The standard InChI is InChI=1S/C13H8ClF2NO2/c14-9-6-7(4-5-11(9)18)17-13(19)8-2-1-3-10(15)12(8)16/h1-6,18H,(H,17,19). The molecular formula is C13H8ClF2NO2. The summed E-state index contributed by atoms with van der Waals surface area (Å²) in [5, 5.41) is 11.6. The van der Waals surface area contributed by atoms with Crippen molar-refractivity contribution in [1.82, 2.24) is 0 Å². The van der Waals surface area contributed by atoms with Crippen LogP contribution in [-0.2, 0) is 0 Å². The van der Waals surface area contributed by atoms with Crippen LogP contribution in [0, 0.1) is 11.6 Å². The molecule has 0 heterocycles. The summed E-state index contributed by atoms with van der Waals surface area (Å²) in [6, 6.07) is 7.28. The van der Waals surface area contributed by atoms with Gasteiger partial charge in [0.1, 0.15) is 5.75 Å². The molecule has 19 heavy (non-hydrogen) atoms. The van der Waals surface area contributed by atoms with Gasteiger partial charge in [-0.3, -0.25) is 4.79 Å². The van der Waals surface area contributed by atoms with E-state index in [1.54, 1.807) is 0 Å². The zero-order chi connectivity index (χ0) is 14.0. The highest BCUT2D eigenvalue weighted by atomic mass is 35.5. The molecule has 2 aromatic rings. The van der Waals surface area contributed by atoms with E-state index in [0.717, 1.165) is 12.1 Å². The van der Waals surface area contributed by atoms with E-state index in [-0.39, 0.29) is 16.5 Å². The first-order valence-corrected chi connectivity index (χ1v) is 5.60. The zero-order valence-corrected chi connectivity index (χ0v) is 10.2. The molecule has 0 fully saturated rings. The largest absolute Gasteiger partial charge is 0.506 e. The van der Waals surface area contributed by atoms with Crippen LogP contribution in [0.3, 0.4) is 0 Å². The van der Waals surface area contributed by atoms with E-state index < -0.39 is 23.1 Å². The van der Waals surface area contributed by atoms with E-state index in [0.29, 0.717) is 0 Å². The SMILES string of the molecule is O=C(Nc1ccc(O)c(Cl)c1)c1cccc(F)c1F. The van der Waals surface area contributed by atoms with Crippen LogP contribution in [0.1, 0.15) is 10.4 Å². The lowest BCUT2D eigenvalue weighted by Crippen LogP contribution is -2.14. The van der Waals surface area contributed by atoms with Gasteiger partial charge in [0.15, 0.2) is 11.6 Å². The molecule has 6 heteroatoms. The normalized spacial score (nSPS) is 10.3. The van der Waals surface area contributed by atoms with Crippen molar-refractivity contribution in [2.24, 2.45) is 0 Å². The van der Waals surface area contributed by atoms with E-state index in [1.165, 1.54) is 24.3 Å². The molecule has 0 radical (unpaired) electrons. The summed E-state index contributed by atoms with van der Waals surface area (Å²) in [5.74, 6) is -3.27. The molecule has 0 saturated heterocycles. The summed E-state index contributed by atoms with van der Waals surface area (Å²) < 4.78 is 26.4. The predicted octanol–water partition coefficient (Wildman–Crippen LogP) is 3.58. The number of anilines is 1. The van der Waals surface area contributed by atoms with E-state index in [9.17, 15) is 18.7 Å². The number of carbonyl (C=O) groups excluding carboxylic acids is 1. The fourth-order valence-corrected chi connectivity index (χ4v) is 1.64. The minimum absolute atomic E-state index is 0.0394. The van der Waals surface area contributed by atoms with Gasteiger partial charge >= 0.3 is 0 Å². The molecule has 0 aliphatic rings. The van der Waals surface area contributed by atoms with Gasteiger partial charge in [-0.05, 0) is 30.3 Å². The highest BCUT2D eigenvalue weighted by Gasteiger charge is 2.15. The molecule has 0 atom stereocenters. The second-order valence-electron chi connectivity index (χ2n) is 3.72. The second-order valence-corrected chi connectivity index (χ2v) is 4.13. The van der Waals surface area contributed by atoms with Gasteiger partial charge in [0, 0.05) is 5.69 Å². The molecular weight excluding hydrogens is 276 g/mol. The Morgan fingerprint density at radius 2 is 1.95 bits per heavy atom. The molecule has 0 aliphatic carbocycles. The number of phenolic OH excluding ortho intramolecular Hbond substituents is 1. The summed E-state index contributed by atoms with van der Waals surface area (Å²) in [5.41, 5.74) is -0.152. The molecule has 0 bridgehead atoms. The Balaban J connectivity index is 2.26. The summed E-state index contributed by atoms with van der Waals surface area (Å²) in [6.45, 7) is 0. The van der Waals surface area contributed by atoms with Crippen LogP contribution in [0.15, 0.2) is 36.4 Å². The summed E-state index contributed by atoms with van der Waals surface area (Å²) >= 11 is 5.66. The second kappa shape index (κ2) is 5.24. The van der Waals surface area contributed by atoms with Gasteiger partial charge in [0.25, 0.3) is 5.91 Å². The molecule has 2 N–H and O–H groups in total. The van der Waals surface area contributed by atoms with Gasteiger partial charge in [-0.15, -0.1) is 0 Å². The van der Waals surface area contributed by atoms with Crippen molar-refractivity contribution >= 4 is 23.2 Å². The average molecular weight is 284 g/mol. The molecule has 0 saturated carbocycles. The van der Waals surface area contributed by atoms with E-state index in [1.807, 2.05) is 0 Å². The van der Waals surface area contributed by atoms with Crippen LogP contribution >= 0.6 is 11.6 Å². The monoisotopic (exact) mass is 283 g/mol. The molecule has 0 aromatic heterocycles. The third-order valence-electron chi connectivity index (χ3n) is 2.40. The Morgan fingerprint density at radius 3 is 2.63 bits per heavy atom. The number of rotatable bonds is 2. The highest BCUT2D eigenvalue weighted by Crippen LogP contribution is 2.26. The van der Waals surface area contributed by atoms with Crippen LogP contribution in [0.5, 0.6) is 5.75 Å². The van der Waals surface area contributed by atoms with Crippen LogP contribution < -0.4 is 5.32 Å². The Hall–Kier alpha value is -2.14. The molecule has 3 nitrogen and oxygen atoms in total. The summed E-state index contributed by atoms with van der Waals surface area (Å²) in [4.78, 5) is 11.8. The maximum Gasteiger partial charge on any atom is 0.258 e. The maximum atomic E-state index is 13.4. The Kier molecular flexibility index (Phi) is 3.66. The molecule has 0 aliphatic heterocycles. The minimum Gasteiger partial charge on any atom is -0.506 e. The number of amides is 1. The Labute approximate surface area is 112 Å². The van der Waals surface area contributed by atoms with Gasteiger partial charge in [0.2, 0.25) is 0 Å². The van der Waals surface area contributed by atoms with E-state index in [4.69, 9.17) is 11.6 Å². The Bertz CT molecular complexity index is 647. The lowest BCUT2D eigenvalue weighted by molar-refractivity contribution is 0.102. The number of hydrogen-bond acceptors (Lipinski definition) is 2. The van der Waals surface area contributed by atoms with Crippen LogP contribution in [0.25, 0.3) is 0 Å². The zero-order valence-electron chi connectivity index (χ0n) is 9.45. The fourth-order valence-electron chi connectivity index (χ4n) is 1.46. The lowest BCUT2D eigenvalue weighted by atomic mass is 10.2. The van der Waals surface area contributed by atoms with Crippen molar-refractivity contribution in [3.8, 4) is 5.75 Å². The topological polar surface area (TPSA) is 49.3 Å². The number of nitrogens with one attached hydrogen (secondary N) is 1. The number of phenols is 1. The van der Waals surface area contributed by atoms with Crippen LogP contribution in [0.2, 0.25) is 5.02 Å². The lowest BCUT2D eigenvalue weighted by Gasteiger charge is -2.07. The van der Waals surface area contributed by atoms with Gasteiger partial charge in [-0.25, -0.2) is 8.78 Å². The van der Waals surface area contributed by atoms with Crippen molar-refractivity contribution in [3.05, 3.63) is 58.6 Å². The molecule has 2 rings (SSSR count). The number of carbonyl (C=O) groups is 1. The predicted molar refractivity (Wildman–Crippen MR) is 67.4 cm³/mol. The third-order valence-corrected chi connectivity index (χ3v) is 2.70. The summed E-state index contributed by atoms with van der Waals surface area (Å²) in [6.07, 6.45) is 0. The number of halogens is 3. The highest BCUT2D eigenvalue weighted by molar-refractivity contribution is 6.32. The summed E-state index contributed by atoms with van der Waals surface area (Å²) in [7, 11) is 0. The minimum atomic E-state index is -1.22. The van der Waals surface area contributed by atoms with Crippen molar-refractivity contribution in [2.75, 3.05) is 5.32 Å². The van der Waals surface area contributed by atoms with Crippen molar-refractivity contribution in [3.63, 3.8) is 0 Å². The third kappa shape index (κ3) is 2.82. The molecule has 98 valence electrons. The first-order chi connectivity index (χ1) is 8.99. The number of benzene rings is 2. The average Bonchev–Trinajstić information content (AvgIpc) is 2.37. The van der Waals surface area contributed by atoms with Crippen molar-refractivity contribution < 1.29 is 18.7 Å². The van der Waals surface area contributed by atoms with E-state index >= 15 is 0 Å². The van der Waals surface area contributed by atoms with E-state index in [2.05, 4.69) is 5.32 Å². The van der Waals surface area contributed by atoms with Crippen molar-refractivity contribution in [2.45, 2.75) is 0 Å². The van der Waals surface area contributed by atoms with Gasteiger partial charge in [0.05, 0.1) is 10.6 Å². The quantitative estimate of drug-likeness (QED) is 0.828. The smallest absolute Gasteiger partial charge is 0.258 e. The molecule has 1 amide bonds. The first kappa shape index (κ1) is 13.3. The van der Waals surface area contributed by atoms with Crippen molar-refractivity contribution in [1.29, 1.82) is 0 Å². The molecule has 0 unspecified atom stereocenters. The van der Waals surface area contributed by atoms with Crippen LogP contribution in [-0.4, -0.2) is 11.0 Å². The Morgan fingerprint density at radius 1 is 1.21 bits per heavy atom. The van der Waals surface area contributed by atoms with Gasteiger partial charge in [-0.1, -0.05) is 17.7 Å².